The number of ether oxygens (including phenoxy) is 3. The van der Waals surface area contributed by atoms with E-state index in [2.05, 4.69) is 0 Å². The molecule has 0 aromatic rings. The summed E-state index contributed by atoms with van der Waals surface area (Å²) in [4.78, 5) is 13.4. The van der Waals surface area contributed by atoms with Crippen LogP contribution in [-0.4, -0.2) is 49.7 Å². The van der Waals surface area contributed by atoms with Crippen LogP contribution in [0.25, 0.3) is 0 Å². The van der Waals surface area contributed by atoms with Gasteiger partial charge in [-0.25, -0.2) is 4.79 Å². The summed E-state index contributed by atoms with van der Waals surface area (Å²) in [5.74, 6) is 0. The maximum absolute atomic E-state index is 11.8. The molecule has 0 saturated heterocycles. The fourth-order valence-electron chi connectivity index (χ4n) is 1.43. The number of carbonyl (C=O) groups excluding carboxylic acids is 1. The Morgan fingerprint density at radius 1 is 1.47 bits per heavy atom. The first kappa shape index (κ1) is 14.0. The van der Waals surface area contributed by atoms with E-state index in [1.165, 1.54) is 0 Å². The number of hydrogen-bond donors (Lipinski definition) is 0. The van der Waals surface area contributed by atoms with E-state index in [9.17, 15) is 4.79 Å². The number of methoxy groups -OCH3 is 1. The highest BCUT2D eigenvalue weighted by atomic mass is 16.7. The monoisotopic (exact) mass is 243 g/mol. The number of nitrogens with zero attached hydrogens (tertiary/aromatic N) is 1. The highest BCUT2D eigenvalue weighted by molar-refractivity contribution is 5.68. The molecule has 0 aromatic carbocycles. The van der Waals surface area contributed by atoms with Crippen molar-refractivity contribution in [3.05, 3.63) is 12.2 Å². The Balaban J connectivity index is 2.45. The van der Waals surface area contributed by atoms with Gasteiger partial charge >= 0.3 is 6.09 Å². The Kier molecular flexibility index (Phi) is 4.96. The van der Waals surface area contributed by atoms with Gasteiger partial charge in [0.15, 0.2) is 0 Å². The van der Waals surface area contributed by atoms with Crippen LogP contribution >= 0.6 is 0 Å². The molecule has 0 bridgehead atoms. The van der Waals surface area contributed by atoms with Crippen molar-refractivity contribution >= 4 is 6.09 Å². The Hall–Kier alpha value is -1.07. The van der Waals surface area contributed by atoms with Crippen molar-refractivity contribution in [2.24, 2.45) is 0 Å². The molecule has 1 aliphatic heterocycles. The van der Waals surface area contributed by atoms with Crippen molar-refractivity contribution in [3.8, 4) is 0 Å². The molecule has 0 aliphatic carbocycles. The Bertz CT molecular complexity index is 283. The third-order valence-corrected chi connectivity index (χ3v) is 2.13. The van der Waals surface area contributed by atoms with E-state index in [-0.39, 0.29) is 19.0 Å². The lowest BCUT2D eigenvalue weighted by Gasteiger charge is -2.30. The number of rotatable bonds is 3. The lowest BCUT2D eigenvalue weighted by molar-refractivity contribution is -0.0666. The molecule has 0 saturated carbocycles. The minimum Gasteiger partial charge on any atom is -0.444 e. The van der Waals surface area contributed by atoms with Crippen LogP contribution < -0.4 is 0 Å². The van der Waals surface area contributed by atoms with E-state index >= 15 is 0 Å². The predicted octanol–water partition coefficient (Wildman–Crippen LogP) is 1.78. The molecular weight excluding hydrogens is 222 g/mol. The van der Waals surface area contributed by atoms with Crippen LogP contribution in [0.5, 0.6) is 0 Å². The fourth-order valence-corrected chi connectivity index (χ4v) is 1.43. The molecule has 1 heterocycles. The largest absolute Gasteiger partial charge is 0.444 e. The SMILES string of the molecule is COCOC1C=CCN(C(=O)OC(C)(C)C)C1. The smallest absolute Gasteiger partial charge is 0.410 e. The second-order valence-electron chi connectivity index (χ2n) is 4.93. The minimum absolute atomic E-state index is 0.129. The van der Waals surface area contributed by atoms with Crippen LogP contribution in [0, 0.1) is 0 Å². The predicted molar refractivity (Wildman–Crippen MR) is 63.7 cm³/mol. The zero-order valence-electron chi connectivity index (χ0n) is 10.9. The second kappa shape index (κ2) is 6.02. The van der Waals surface area contributed by atoms with Crippen molar-refractivity contribution in [3.63, 3.8) is 0 Å². The summed E-state index contributed by atoms with van der Waals surface area (Å²) in [6, 6.07) is 0. The van der Waals surface area contributed by atoms with Gasteiger partial charge in [0, 0.05) is 13.7 Å². The first-order chi connectivity index (χ1) is 7.92. The van der Waals surface area contributed by atoms with Crippen LogP contribution in [0.2, 0.25) is 0 Å². The van der Waals surface area contributed by atoms with E-state index in [0.29, 0.717) is 13.1 Å². The first-order valence-corrected chi connectivity index (χ1v) is 5.67. The van der Waals surface area contributed by atoms with Crippen LogP contribution in [0.1, 0.15) is 20.8 Å². The molecule has 1 rings (SSSR count). The van der Waals surface area contributed by atoms with E-state index in [0.717, 1.165) is 0 Å². The third kappa shape index (κ3) is 5.19. The van der Waals surface area contributed by atoms with E-state index in [4.69, 9.17) is 14.2 Å². The molecule has 0 radical (unpaired) electrons. The first-order valence-electron chi connectivity index (χ1n) is 5.67. The molecule has 0 fully saturated rings. The van der Waals surface area contributed by atoms with E-state index < -0.39 is 5.60 Å². The Labute approximate surface area is 102 Å². The molecule has 0 spiro atoms. The highest BCUT2D eigenvalue weighted by Gasteiger charge is 2.25. The van der Waals surface area contributed by atoms with Gasteiger partial charge in [0.2, 0.25) is 0 Å². The number of hydrogen-bond acceptors (Lipinski definition) is 4. The van der Waals surface area contributed by atoms with Crippen LogP contribution in [0.15, 0.2) is 12.2 Å². The molecule has 5 heteroatoms. The zero-order valence-corrected chi connectivity index (χ0v) is 10.9. The molecule has 1 aliphatic rings. The summed E-state index contributed by atoms with van der Waals surface area (Å²) in [5, 5.41) is 0. The quantitative estimate of drug-likeness (QED) is 0.560. The van der Waals surface area contributed by atoms with Crippen molar-refractivity contribution < 1.29 is 19.0 Å². The van der Waals surface area contributed by atoms with Gasteiger partial charge < -0.3 is 19.1 Å². The molecule has 1 amide bonds. The van der Waals surface area contributed by atoms with Crippen LogP contribution in [0.3, 0.4) is 0 Å². The van der Waals surface area contributed by atoms with Gasteiger partial charge in [0.05, 0.1) is 12.6 Å². The van der Waals surface area contributed by atoms with Gasteiger partial charge in [0.25, 0.3) is 0 Å². The molecule has 1 atom stereocenters. The summed E-state index contributed by atoms with van der Waals surface area (Å²) >= 11 is 0. The molecule has 17 heavy (non-hydrogen) atoms. The summed E-state index contributed by atoms with van der Waals surface area (Å²) in [6.07, 6.45) is 3.39. The summed E-state index contributed by atoms with van der Waals surface area (Å²) in [5.41, 5.74) is -0.471. The van der Waals surface area contributed by atoms with Crippen molar-refractivity contribution in [2.45, 2.75) is 32.5 Å². The summed E-state index contributed by atoms with van der Waals surface area (Å²) in [6.45, 7) is 6.82. The fraction of sp³-hybridized carbons (Fsp3) is 0.750. The van der Waals surface area contributed by atoms with Crippen molar-refractivity contribution in [1.82, 2.24) is 4.90 Å². The number of carbonyl (C=O) groups is 1. The average molecular weight is 243 g/mol. The van der Waals surface area contributed by atoms with Gasteiger partial charge in [-0.1, -0.05) is 12.2 Å². The number of amides is 1. The summed E-state index contributed by atoms with van der Waals surface area (Å²) in [7, 11) is 1.57. The van der Waals surface area contributed by atoms with Gasteiger partial charge in [-0.3, -0.25) is 0 Å². The highest BCUT2D eigenvalue weighted by Crippen LogP contribution is 2.13. The third-order valence-electron chi connectivity index (χ3n) is 2.13. The lowest BCUT2D eigenvalue weighted by Crippen LogP contribution is -2.43. The Morgan fingerprint density at radius 3 is 2.76 bits per heavy atom. The topological polar surface area (TPSA) is 48.0 Å². The lowest BCUT2D eigenvalue weighted by atomic mass is 10.2. The molecule has 0 aromatic heterocycles. The minimum atomic E-state index is -0.471. The van der Waals surface area contributed by atoms with E-state index in [1.807, 2.05) is 32.9 Å². The Morgan fingerprint density at radius 2 is 2.18 bits per heavy atom. The van der Waals surface area contributed by atoms with Gasteiger partial charge in [-0.15, -0.1) is 0 Å². The molecular formula is C12H21NO4. The van der Waals surface area contributed by atoms with Gasteiger partial charge in [0.1, 0.15) is 12.4 Å². The second-order valence-corrected chi connectivity index (χ2v) is 4.93. The van der Waals surface area contributed by atoms with Gasteiger partial charge in [-0.2, -0.15) is 0 Å². The maximum atomic E-state index is 11.8. The average Bonchev–Trinajstić information content (AvgIpc) is 2.24. The summed E-state index contributed by atoms with van der Waals surface area (Å²) < 4.78 is 15.5. The van der Waals surface area contributed by atoms with Crippen LogP contribution in [-0.2, 0) is 14.2 Å². The van der Waals surface area contributed by atoms with Crippen LogP contribution in [0.4, 0.5) is 4.79 Å². The normalized spacial score (nSPS) is 20.5. The molecule has 98 valence electrons. The molecule has 5 nitrogen and oxygen atoms in total. The molecule has 1 unspecified atom stereocenters. The van der Waals surface area contributed by atoms with E-state index in [1.54, 1.807) is 12.0 Å². The maximum Gasteiger partial charge on any atom is 0.410 e. The van der Waals surface area contributed by atoms with Crippen molar-refractivity contribution in [1.29, 1.82) is 0 Å². The standard InChI is InChI=1S/C12H21NO4/c1-12(2,3)17-11(14)13-7-5-6-10(8-13)16-9-15-4/h5-6,10H,7-9H2,1-4H3. The van der Waals surface area contributed by atoms with Crippen molar-refractivity contribution in [2.75, 3.05) is 27.0 Å². The zero-order chi connectivity index (χ0) is 12.9. The molecule has 0 N–H and O–H groups in total. The van der Waals surface area contributed by atoms with Gasteiger partial charge in [-0.05, 0) is 20.8 Å².